The van der Waals surface area contributed by atoms with E-state index in [4.69, 9.17) is 11.6 Å². The number of halogens is 1. The molecule has 0 atom stereocenters. The Kier molecular flexibility index (Phi) is 3.35. The Labute approximate surface area is 157 Å². The fraction of sp³-hybridized carbons (Fsp3) is 0.0833. The Morgan fingerprint density at radius 3 is 2.12 bits per heavy atom. The summed E-state index contributed by atoms with van der Waals surface area (Å²) in [6, 6.07) is 25.5. The van der Waals surface area contributed by atoms with Crippen molar-refractivity contribution in [1.29, 1.82) is 0 Å². The van der Waals surface area contributed by atoms with Crippen molar-refractivity contribution >= 4 is 44.2 Å². The quantitative estimate of drug-likeness (QED) is 0.302. The Morgan fingerprint density at radius 1 is 0.731 bits per heavy atom. The molecule has 5 rings (SSSR count). The average Bonchev–Trinajstić information content (AvgIpc) is 2.97. The molecule has 4 aromatic carbocycles. The molecule has 1 heterocycles. The van der Waals surface area contributed by atoms with E-state index in [0.29, 0.717) is 0 Å². The van der Waals surface area contributed by atoms with Crippen LogP contribution in [0, 0.1) is 6.92 Å². The van der Waals surface area contributed by atoms with Crippen molar-refractivity contribution in [3.63, 3.8) is 0 Å². The van der Waals surface area contributed by atoms with Gasteiger partial charge in [0, 0.05) is 39.7 Å². The second-order valence-electron chi connectivity index (χ2n) is 6.85. The van der Waals surface area contributed by atoms with Gasteiger partial charge in [-0.05, 0) is 24.1 Å². The molecule has 0 saturated carbocycles. The number of para-hydroxylation sites is 1. The third kappa shape index (κ3) is 1.98. The molecule has 2 heteroatoms. The highest BCUT2D eigenvalue weighted by atomic mass is 35.5. The molecule has 5 aromatic rings. The topological polar surface area (TPSA) is 4.93 Å². The van der Waals surface area contributed by atoms with Crippen LogP contribution in [0.1, 0.15) is 5.56 Å². The Hall–Kier alpha value is -2.77. The standard InChI is InChI=1S/C24H18ClN/c1-15-9-3-4-10-16(15)21-22-19-13-7-8-14-20(19)26(2)24(22)18-12-6-5-11-17(18)23(21)25/h3-14H,1-2H3. The van der Waals surface area contributed by atoms with Crippen LogP contribution in [0.25, 0.3) is 43.7 Å². The van der Waals surface area contributed by atoms with Crippen molar-refractivity contribution in [1.82, 2.24) is 4.57 Å². The van der Waals surface area contributed by atoms with Gasteiger partial charge in [0.05, 0.1) is 10.5 Å². The summed E-state index contributed by atoms with van der Waals surface area (Å²) in [5.41, 5.74) is 6.04. The van der Waals surface area contributed by atoms with Crippen LogP contribution in [-0.2, 0) is 7.05 Å². The second-order valence-corrected chi connectivity index (χ2v) is 7.23. The second kappa shape index (κ2) is 5.62. The van der Waals surface area contributed by atoms with Gasteiger partial charge in [0.2, 0.25) is 0 Å². The third-order valence-corrected chi connectivity index (χ3v) is 5.80. The van der Waals surface area contributed by atoms with Crippen LogP contribution < -0.4 is 0 Å². The summed E-state index contributed by atoms with van der Waals surface area (Å²) >= 11 is 7.03. The van der Waals surface area contributed by atoms with Gasteiger partial charge in [0.15, 0.2) is 0 Å². The van der Waals surface area contributed by atoms with Crippen LogP contribution >= 0.6 is 11.6 Å². The number of aromatic nitrogens is 1. The fourth-order valence-electron chi connectivity index (χ4n) is 4.19. The summed E-state index contributed by atoms with van der Waals surface area (Å²) < 4.78 is 2.30. The lowest BCUT2D eigenvalue weighted by molar-refractivity contribution is 1.02. The van der Waals surface area contributed by atoms with Crippen molar-refractivity contribution in [2.24, 2.45) is 7.05 Å². The highest BCUT2D eigenvalue weighted by Crippen LogP contribution is 2.46. The smallest absolute Gasteiger partial charge is 0.0575 e. The Bertz CT molecular complexity index is 1310. The first-order chi connectivity index (χ1) is 12.7. The molecule has 0 aliphatic rings. The Morgan fingerprint density at radius 2 is 1.35 bits per heavy atom. The lowest BCUT2D eigenvalue weighted by atomic mass is 9.92. The first-order valence-corrected chi connectivity index (χ1v) is 9.19. The van der Waals surface area contributed by atoms with E-state index in [-0.39, 0.29) is 0 Å². The third-order valence-electron chi connectivity index (χ3n) is 5.41. The predicted octanol–water partition coefficient (Wildman–Crippen LogP) is 7.11. The molecule has 0 amide bonds. The molecule has 0 fully saturated rings. The fourth-order valence-corrected chi connectivity index (χ4v) is 4.55. The van der Waals surface area contributed by atoms with Crippen molar-refractivity contribution in [3.8, 4) is 11.1 Å². The molecular formula is C24H18ClN. The average molecular weight is 356 g/mol. The number of aryl methyl sites for hydroxylation is 2. The van der Waals surface area contributed by atoms with Gasteiger partial charge in [-0.2, -0.15) is 0 Å². The van der Waals surface area contributed by atoms with Gasteiger partial charge in [0.1, 0.15) is 0 Å². The molecular weight excluding hydrogens is 338 g/mol. The van der Waals surface area contributed by atoms with E-state index in [1.54, 1.807) is 0 Å². The first-order valence-electron chi connectivity index (χ1n) is 8.82. The molecule has 0 N–H and O–H groups in total. The van der Waals surface area contributed by atoms with E-state index >= 15 is 0 Å². The monoisotopic (exact) mass is 355 g/mol. The molecule has 1 nitrogen and oxygen atoms in total. The highest BCUT2D eigenvalue weighted by Gasteiger charge is 2.20. The van der Waals surface area contributed by atoms with E-state index < -0.39 is 0 Å². The van der Waals surface area contributed by atoms with E-state index in [1.807, 2.05) is 0 Å². The van der Waals surface area contributed by atoms with Crippen molar-refractivity contribution in [2.75, 3.05) is 0 Å². The van der Waals surface area contributed by atoms with Crippen LogP contribution in [0.15, 0.2) is 72.8 Å². The van der Waals surface area contributed by atoms with E-state index in [1.165, 1.54) is 38.3 Å². The molecule has 0 aliphatic carbocycles. The maximum Gasteiger partial charge on any atom is 0.0575 e. The number of hydrogen-bond donors (Lipinski definition) is 0. The maximum atomic E-state index is 7.03. The van der Waals surface area contributed by atoms with Gasteiger partial charge in [-0.25, -0.2) is 0 Å². The Balaban J connectivity index is 2.15. The summed E-state index contributed by atoms with van der Waals surface area (Å²) in [6.45, 7) is 2.15. The predicted molar refractivity (Wildman–Crippen MR) is 113 cm³/mol. The van der Waals surface area contributed by atoms with Gasteiger partial charge in [-0.3, -0.25) is 0 Å². The van der Waals surface area contributed by atoms with Crippen LogP contribution in [-0.4, -0.2) is 4.57 Å². The van der Waals surface area contributed by atoms with Gasteiger partial charge >= 0.3 is 0 Å². The van der Waals surface area contributed by atoms with E-state index in [0.717, 1.165) is 16.0 Å². The van der Waals surface area contributed by atoms with Crippen molar-refractivity contribution in [3.05, 3.63) is 83.4 Å². The van der Waals surface area contributed by atoms with Crippen LogP contribution in [0.3, 0.4) is 0 Å². The lowest BCUT2D eigenvalue weighted by Gasteiger charge is -2.14. The van der Waals surface area contributed by atoms with Crippen LogP contribution in [0.4, 0.5) is 0 Å². The normalized spacial score (nSPS) is 11.7. The minimum Gasteiger partial charge on any atom is -0.343 e. The zero-order chi connectivity index (χ0) is 17.8. The van der Waals surface area contributed by atoms with E-state index in [2.05, 4.69) is 91.3 Å². The molecule has 1 aromatic heterocycles. The summed E-state index contributed by atoms with van der Waals surface area (Å²) in [6.07, 6.45) is 0. The van der Waals surface area contributed by atoms with Gasteiger partial charge in [-0.1, -0.05) is 78.3 Å². The number of hydrogen-bond acceptors (Lipinski definition) is 0. The number of benzene rings is 4. The first kappa shape index (κ1) is 15.5. The molecule has 126 valence electrons. The van der Waals surface area contributed by atoms with E-state index in [9.17, 15) is 0 Å². The molecule has 0 spiro atoms. The lowest BCUT2D eigenvalue weighted by Crippen LogP contribution is -1.91. The minimum atomic E-state index is 0.832. The van der Waals surface area contributed by atoms with Gasteiger partial charge < -0.3 is 4.57 Å². The van der Waals surface area contributed by atoms with Crippen molar-refractivity contribution in [2.45, 2.75) is 6.92 Å². The molecule has 0 radical (unpaired) electrons. The van der Waals surface area contributed by atoms with Crippen LogP contribution in [0.2, 0.25) is 5.02 Å². The van der Waals surface area contributed by atoms with Gasteiger partial charge in [0.25, 0.3) is 0 Å². The molecule has 26 heavy (non-hydrogen) atoms. The van der Waals surface area contributed by atoms with Gasteiger partial charge in [-0.15, -0.1) is 0 Å². The maximum absolute atomic E-state index is 7.03. The zero-order valence-corrected chi connectivity index (χ0v) is 15.5. The summed E-state index contributed by atoms with van der Waals surface area (Å²) in [7, 11) is 2.15. The van der Waals surface area contributed by atoms with Crippen LogP contribution in [0.5, 0.6) is 0 Å². The number of nitrogens with zero attached hydrogens (tertiary/aromatic N) is 1. The number of fused-ring (bicyclic) bond motifs is 5. The number of rotatable bonds is 1. The SMILES string of the molecule is Cc1ccccc1-c1c(Cl)c2ccccc2c2c1c1ccccc1n2C. The molecule has 0 bridgehead atoms. The summed E-state index contributed by atoms with van der Waals surface area (Å²) in [5, 5.41) is 5.62. The molecule has 0 aliphatic heterocycles. The van der Waals surface area contributed by atoms with Crippen molar-refractivity contribution < 1.29 is 0 Å². The zero-order valence-electron chi connectivity index (χ0n) is 14.8. The summed E-state index contributed by atoms with van der Waals surface area (Å²) in [5.74, 6) is 0. The highest BCUT2D eigenvalue weighted by molar-refractivity contribution is 6.43. The molecule has 0 unspecified atom stereocenters. The molecule has 0 saturated heterocycles. The minimum absolute atomic E-state index is 0.832. The summed E-state index contributed by atoms with van der Waals surface area (Å²) in [4.78, 5) is 0. The largest absolute Gasteiger partial charge is 0.343 e.